The molecule has 0 radical (unpaired) electrons. The van der Waals surface area contributed by atoms with Gasteiger partial charge in [0.1, 0.15) is 17.4 Å². The van der Waals surface area contributed by atoms with E-state index in [1.165, 1.54) is 0 Å². The van der Waals surface area contributed by atoms with Gasteiger partial charge in [0.05, 0.1) is 17.0 Å². The summed E-state index contributed by atoms with van der Waals surface area (Å²) in [5.74, 6) is 0.934. The maximum absolute atomic E-state index is 11.7. The first-order valence-electron chi connectivity index (χ1n) is 6.92. The number of nitrogens with one attached hydrogen (secondary N) is 1. The van der Waals surface area contributed by atoms with Crippen molar-refractivity contribution in [2.24, 2.45) is 0 Å². The Labute approximate surface area is 128 Å². The summed E-state index contributed by atoms with van der Waals surface area (Å²) in [6.45, 7) is 3.20. The van der Waals surface area contributed by atoms with Crippen LogP contribution in [0, 0.1) is 11.3 Å². The van der Waals surface area contributed by atoms with Crippen LogP contribution in [0.3, 0.4) is 0 Å². The number of imidazole rings is 1. The van der Waals surface area contributed by atoms with Crippen molar-refractivity contribution in [1.29, 1.82) is 5.26 Å². The average Bonchev–Trinajstić information content (AvgIpc) is 2.88. The highest BCUT2D eigenvalue weighted by Crippen LogP contribution is 2.21. The van der Waals surface area contributed by atoms with Gasteiger partial charge in [-0.25, -0.2) is 4.98 Å². The Bertz CT molecular complexity index is 687. The Balaban J connectivity index is 2.26. The number of para-hydroxylation sites is 1. The standard InChI is InChI=1S/C15H17ClN4O/c1-2-7-18-14(21)6-8-20-12-5-3-4-11(10-17)15(12)19-13(20)9-16/h3-5H,2,6-9H2,1H3,(H,18,21). The summed E-state index contributed by atoms with van der Waals surface area (Å²) in [6, 6.07) is 7.56. The van der Waals surface area contributed by atoms with Gasteiger partial charge in [0.2, 0.25) is 5.91 Å². The van der Waals surface area contributed by atoms with Gasteiger partial charge in [0, 0.05) is 19.5 Å². The number of nitriles is 1. The van der Waals surface area contributed by atoms with Crippen molar-refractivity contribution in [1.82, 2.24) is 14.9 Å². The number of carbonyl (C=O) groups excluding carboxylic acids is 1. The number of rotatable bonds is 6. The number of alkyl halides is 1. The molecule has 5 nitrogen and oxygen atoms in total. The van der Waals surface area contributed by atoms with Crippen molar-refractivity contribution in [2.75, 3.05) is 6.54 Å². The third-order valence-electron chi connectivity index (χ3n) is 3.23. The number of halogens is 1. The summed E-state index contributed by atoms with van der Waals surface area (Å²) in [6.07, 6.45) is 1.28. The molecular weight excluding hydrogens is 288 g/mol. The number of hydrogen-bond acceptors (Lipinski definition) is 3. The Morgan fingerprint density at radius 3 is 3.00 bits per heavy atom. The lowest BCUT2D eigenvalue weighted by Gasteiger charge is -2.08. The van der Waals surface area contributed by atoms with Crippen molar-refractivity contribution in [3.8, 4) is 6.07 Å². The molecule has 0 aliphatic heterocycles. The molecule has 0 aliphatic carbocycles. The maximum Gasteiger partial charge on any atom is 0.221 e. The summed E-state index contributed by atoms with van der Waals surface area (Å²) in [4.78, 5) is 16.1. The Hall–Kier alpha value is -2.06. The van der Waals surface area contributed by atoms with E-state index in [0.29, 0.717) is 36.4 Å². The van der Waals surface area contributed by atoms with Gasteiger partial charge in [-0.3, -0.25) is 4.79 Å². The summed E-state index contributed by atoms with van der Waals surface area (Å²) in [5, 5.41) is 12.0. The van der Waals surface area contributed by atoms with E-state index in [-0.39, 0.29) is 11.8 Å². The van der Waals surface area contributed by atoms with Gasteiger partial charge in [0.15, 0.2) is 0 Å². The number of carbonyl (C=O) groups is 1. The third-order valence-corrected chi connectivity index (χ3v) is 3.47. The number of aromatic nitrogens is 2. The zero-order valence-electron chi connectivity index (χ0n) is 11.9. The molecule has 0 saturated carbocycles. The largest absolute Gasteiger partial charge is 0.356 e. The number of hydrogen-bond donors (Lipinski definition) is 1. The second-order valence-electron chi connectivity index (χ2n) is 4.70. The molecule has 6 heteroatoms. The van der Waals surface area contributed by atoms with E-state index < -0.39 is 0 Å². The van der Waals surface area contributed by atoms with E-state index in [4.69, 9.17) is 16.9 Å². The predicted molar refractivity (Wildman–Crippen MR) is 81.9 cm³/mol. The third kappa shape index (κ3) is 3.34. The van der Waals surface area contributed by atoms with Crippen LogP contribution in [0.25, 0.3) is 11.0 Å². The fourth-order valence-electron chi connectivity index (χ4n) is 2.20. The highest BCUT2D eigenvalue weighted by atomic mass is 35.5. The molecule has 0 atom stereocenters. The van der Waals surface area contributed by atoms with Gasteiger partial charge >= 0.3 is 0 Å². The molecule has 1 heterocycles. The minimum atomic E-state index is 0.00987. The molecule has 1 aromatic heterocycles. The molecule has 1 aromatic carbocycles. The van der Waals surface area contributed by atoms with Crippen LogP contribution in [0.1, 0.15) is 31.2 Å². The van der Waals surface area contributed by atoms with Crippen molar-refractivity contribution in [3.63, 3.8) is 0 Å². The fourth-order valence-corrected chi connectivity index (χ4v) is 2.41. The molecular formula is C15H17ClN4O. The highest BCUT2D eigenvalue weighted by Gasteiger charge is 2.13. The van der Waals surface area contributed by atoms with Gasteiger partial charge in [-0.1, -0.05) is 13.0 Å². The fraction of sp³-hybridized carbons (Fsp3) is 0.400. The van der Waals surface area contributed by atoms with Gasteiger partial charge in [-0.15, -0.1) is 11.6 Å². The van der Waals surface area contributed by atoms with E-state index in [1.54, 1.807) is 6.07 Å². The SMILES string of the molecule is CCCNC(=O)CCn1c(CCl)nc2c(C#N)cccc21. The van der Waals surface area contributed by atoms with Crippen molar-refractivity contribution >= 4 is 28.5 Å². The van der Waals surface area contributed by atoms with Gasteiger partial charge < -0.3 is 9.88 Å². The minimum Gasteiger partial charge on any atom is -0.356 e. The summed E-state index contributed by atoms with van der Waals surface area (Å²) in [5.41, 5.74) is 2.01. The quantitative estimate of drug-likeness (QED) is 0.834. The summed E-state index contributed by atoms with van der Waals surface area (Å²) < 4.78 is 1.91. The minimum absolute atomic E-state index is 0.00987. The van der Waals surface area contributed by atoms with E-state index in [9.17, 15) is 4.79 Å². The van der Waals surface area contributed by atoms with Gasteiger partial charge in [-0.2, -0.15) is 5.26 Å². The van der Waals surface area contributed by atoms with E-state index in [1.807, 2.05) is 23.6 Å². The number of aryl methyl sites for hydroxylation is 1. The van der Waals surface area contributed by atoms with Gasteiger partial charge in [-0.05, 0) is 18.6 Å². The number of nitrogens with zero attached hydrogens (tertiary/aromatic N) is 3. The normalized spacial score (nSPS) is 10.5. The molecule has 0 bridgehead atoms. The zero-order valence-corrected chi connectivity index (χ0v) is 12.7. The molecule has 2 rings (SSSR count). The number of fused-ring (bicyclic) bond motifs is 1. The first-order valence-corrected chi connectivity index (χ1v) is 7.45. The molecule has 0 fully saturated rings. The number of benzene rings is 1. The molecule has 0 unspecified atom stereocenters. The van der Waals surface area contributed by atoms with E-state index in [0.717, 1.165) is 11.9 Å². The maximum atomic E-state index is 11.7. The predicted octanol–water partition coefficient (Wildman–Crippen LogP) is 2.56. The van der Waals surface area contributed by atoms with Crippen LogP contribution < -0.4 is 5.32 Å². The highest BCUT2D eigenvalue weighted by molar-refractivity contribution is 6.16. The first-order chi connectivity index (χ1) is 10.2. The van der Waals surface area contributed by atoms with Crippen LogP contribution in [0.15, 0.2) is 18.2 Å². The molecule has 2 aromatic rings. The molecule has 0 saturated heterocycles. The van der Waals surface area contributed by atoms with Crippen molar-refractivity contribution < 1.29 is 4.79 Å². The van der Waals surface area contributed by atoms with Crippen LogP contribution in [0.4, 0.5) is 0 Å². The van der Waals surface area contributed by atoms with Crippen LogP contribution in [0.5, 0.6) is 0 Å². The first kappa shape index (κ1) is 15.3. The van der Waals surface area contributed by atoms with Crippen LogP contribution in [-0.2, 0) is 17.2 Å². The summed E-state index contributed by atoms with van der Waals surface area (Å²) in [7, 11) is 0. The number of amides is 1. The Morgan fingerprint density at radius 2 is 2.33 bits per heavy atom. The smallest absolute Gasteiger partial charge is 0.221 e. The monoisotopic (exact) mass is 304 g/mol. The lowest BCUT2D eigenvalue weighted by molar-refractivity contribution is -0.121. The molecule has 0 spiro atoms. The molecule has 1 amide bonds. The van der Waals surface area contributed by atoms with Gasteiger partial charge in [0.25, 0.3) is 0 Å². The lowest BCUT2D eigenvalue weighted by atomic mass is 10.2. The van der Waals surface area contributed by atoms with Crippen LogP contribution >= 0.6 is 11.6 Å². The Kier molecular flexibility index (Phi) is 5.18. The van der Waals surface area contributed by atoms with Crippen molar-refractivity contribution in [2.45, 2.75) is 32.2 Å². The second kappa shape index (κ2) is 7.09. The summed E-state index contributed by atoms with van der Waals surface area (Å²) >= 11 is 5.93. The van der Waals surface area contributed by atoms with E-state index in [2.05, 4.69) is 16.4 Å². The van der Waals surface area contributed by atoms with Crippen LogP contribution in [0.2, 0.25) is 0 Å². The topological polar surface area (TPSA) is 70.7 Å². The zero-order chi connectivity index (χ0) is 15.2. The molecule has 1 N–H and O–H groups in total. The lowest BCUT2D eigenvalue weighted by Crippen LogP contribution is -2.25. The second-order valence-corrected chi connectivity index (χ2v) is 4.97. The average molecular weight is 305 g/mol. The van der Waals surface area contributed by atoms with E-state index >= 15 is 0 Å². The van der Waals surface area contributed by atoms with Crippen molar-refractivity contribution in [3.05, 3.63) is 29.6 Å². The Morgan fingerprint density at radius 1 is 1.52 bits per heavy atom. The molecule has 0 aliphatic rings. The van der Waals surface area contributed by atoms with Crippen LogP contribution in [-0.4, -0.2) is 22.0 Å². The molecule has 110 valence electrons. The molecule has 21 heavy (non-hydrogen) atoms.